The molecule has 2 N–H and O–H groups in total. The largest absolute Gasteiger partial charge is 0.496 e. The SMILES string of the molecule is COc1ccc(CCC(=O)NCCC(=O)NCc2ccncc2)cc1Br. The van der Waals surface area contributed by atoms with Gasteiger partial charge in [0.25, 0.3) is 0 Å². The van der Waals surface area contributed by atoms with Crippen LogP contribution in [0.15, 0.2) is 47.2 Å². The molecule has 1 aromatic carbocycles. The Kier molecular flexibility index (Phi) is 8.08. The van der Waals surface area contributed by atoms with E-state index in [1.54, 1.807) is 19.5 Å². The third-order valence-electron chi connectivity index (χ3n) is 3.77. The highest BCUT2D eigenvalue weighted by molar-refractivity contribution is 9.10. The fraction of sp³-hybridized carbons (Fsp3) is 0.316. The summed E-state index contributed by atoms with van der Waals surface area (Å²) < 4.78 is 6.05. The molecule has 0 aliphatic rings. The van der Waals surface area contributed by atoms with Crippen LogP contribution in [0.1, 0.15) is 24.0 Å². The second-order valence-corrected chi connectivity index (χ2v) is 6.56. The number of aryl methyl sites for hydroxylation is 1. The Balaban J connectivity index is 1.62. The molecule has 2 amide bonds. The Morgan fingerprint density at radius 1 is 1.04 bits per heavy atom. The van der Waals surface area contributed by atoms with Crippen LogP contribution in [0.4, 0.5) is 0 Å². The minimum atomic E-state index is -0.0961. The number of benzene rings is 1. The molecule has 0 saturated heterocycles. The first kappa shape index (κ1) is 19.9. The van der Waals surface area contributed by atoms with Gasteiger partial charge >= 0.3 is 0 Å². The zero-order valence-electron chi connectivity index (χ0n) is 14.6. The van der Waals surface area contributed by atoms with Crippen LogP contribution >= 0.6 is 15.9 Å². The van der Waals surface area contributed by atoms with Crippen molar-refractivity contribution in [2.45, 2.75) is 25.8 Å². The van der Waals surface area contributed by atoms with Gasteiger partial charge in [-0.1, -0.05) is 6.07 Å². The Morgan fingerprint density at radius 3 is 2.46 bits per heavy atom. The molecule has 0 radical (unpaired) electrons. The third-order valence-corrected chi connectivity index (χ3v) is 4.39. The van der Waals surface area contributed by atoms with Crippen LogP contribution in [0.2, 0.25) is 0 Å². The highest BCUT2D eigenvalue weighted by Gasteiger charge is 2.06. The number of nitrogens with one attached hydrogen (secondary N) is 2. The number of amides is 2. The normalized spacial score (nSPS) is 10.2. The average Bonchev–Trinajstić information content (AvgIpc) is 2.65. The van der Waals surface area contributed by atoms with Gasteiger partial charge in [-0.2, -0.15) is 0 Å². The number of nitrogens with zero attached hydrogens (tertiary/aromatic N) is 1. The van der Waals surface area contributed by atoms with Crippen LogP contribution in [0.25, 0.3) is 0 Å². The van der Waals surface area contributed by atoms with Gasteiger partial charge in [0.05, 0.1) is 11.6 Å². The number of carbonyl (C=O) groups excluding carboxylic acids is 2. The maximum atomic E-state index is 11.9. The zero-order chi connectivity index (χ0) is 18.8. The van der Waals surface area contributed by atoms with Crippen molar-refractivity contribution in [2.24, 2.45) is 0 Å². The van der Waals surface area contributed by atoms with Gasteiger partial charge < -0.3 is 15.4 Å². The smallest absolute Gasteiger partial charge is 0.222 e. The Morgan fingerprint density at radius 2 is 1.77 bits per heavy atom. The number of hydrogen-bond acceptors (Lipinski definition) is 4. The van der Waals surface area contributed by atoms with Gasteiger partial charge in [-0.05, 0) is 57.7 Å². The number of halogens is 1. The molecule has 2 aromatic rings. The van der Waals surface area contributed by atoms with E-state index in [4.69, 9.17) is 4.74 Å². The molecule has 0 spiro atoms. The van der Waals surface area contributed by atoms with Crippen LogP contribution in [0, 0.1) is 0 Å². The number of ether oxygens (including phenoxy) is 1. The van der Waals surface area contributed by atoms with Crippen molar-refractivity contribution < 1.29 is 14.3 Å². The number of hydrogen-bond donors (Lipinski definition) is 2. The maximum absolute atomic E-state index is 11.9. The summed E-state index contributed by atoms with van der Waals surface area (Å²) in [7, 11) is 1.61. The molecule has 138 valence electrons. The number of pyridine rings is 1. The molecule has 0 aliphatic heterocycles. The van der Waals surface area contributed by atoms with Crippen molar-refractivity contribution in [3.05, 3.63) is 58.3 Å². The highest BCUT2D eigenvalue weighted by Crippen LogP contribution is 2.25. The first-order valence-corrected chi connectivity index (χ1v) is 9.12. The quantitative estimate of drug-likeness (QED) is 0.654. The summed E-state index contributed by atoms with van der Waals surface area (Å²) in [5.41, 5.74) is 2.03. The molecule has 0 saturated carbocycles. The van der Waals surface area contributed by atoms with E-state index in [-0.39, 0.29) is 18.2 Å². The Hall–Kier alpha value is -2.41. The Bertz CT molecular complexity index is 738. The molecule has 1 heterocycles. The van der Waals surface area contributed by atoms with Crippen molar-refractivity contribution in [1.82, 2.24) is 15.6 Å². The standard InChI is InChI=1S/C19H22BrN3O3/c1-26-17-4-2-14(12-16(17)20)3-5-18(24)22-11-8-19(25)23-13-15-6-9-21-10-7-15/h2,4,6-7,9-10,12H,3,5,8,11,13H2,1H3,(H,22,24)(H,23,25). The molecule has 0 unspecified atom stereocenters. The van der Waals surface area contributed by atoms with Crippen LogP contribution in [0.5, 0.6) is 5.75 Å². The summed E-state index contributed by atoms with van der Waals surface area (Å²) in [5.74, 6) is 0.594. The van der Waals surface area contributed by atoms with E-state index in [0.29, 0.717) is 25.9 Å². The van der Waals surface area contributed by atoms with E-state index in [0.717, 1.165) is 21.3 Å². The molecule has 1 aromatic heterocycles. The lowest BCUT2D eigenvalue weighted by Crippen LogP contribution is -2.30. The van der Waals surface area contributed by atoms with Crippen molar-refractivity contribution in [1.29, 1.82) is 0 Å². The van der Waals surface area contributed by atoms with Crippen molar-refractivity contribution in [3.8, 4) is 5.75 Å². The predicted octanol–water partition coefficient (Wildman–Crippen LogP) is 2.61. The van der Waals surface area contributed by atoms with Gasteiger partial charge in [0, 0.05) is 38.3 Å². The van der Waals surface area contributed by atoms with Gasteiger partial charge in [-0.3, -0.25) is 14.6 Å². The molecule has 0 aliphatic carbocycles. The van der Waals surface area contributed by atoms with Gasteiger partial charge in [0.1, 0.15) is 5.75 Å². The van der Waals surface area contributed by atoms with Crippen molar-refractivity contribution >= 4 is 27.7 Å². The summed E-state index contributed by atoms with van der Waals surface area (Å²) in [6.45, 7) is 0.787. The number of rotatable bonds is 9. The maximum Gasteiger partial charge on any atom is 0.222 e. The highest BCUT2D eigenvalue weighted by atomic mass is 79.9. The van der Waals surface area contributed by atoms with Gasteiger partial charge in [0.2, 0.25) is 11.8 Å². The second kappa shape index (κ2) is 10.6. The molecule has 0 atom stereocenters. The summed E-state index contributed by atoms with van der Waals surface area (Å²) in [4.78, 5) is 27.6. The average molecular weight is 420 g/mol. The van der Waals surface area contributed by atoms with Gasteiger partial charge in [0.15, 0.2) is 0 Å². The van der Waals surface area contributed by atoms with E-state index in [1.165, 1.54) is 0 Å². The number of carbonyl (C=O) groups is 2. The van der Waals surface area contributed by atoms with Crippen LogP contribution in [-0.4, -0.2) is 30.5 Å². The van der Waals surface area contributed by atoms with Crippen LogP contribution in [-0.2, 0) is 22.6 Å². The lowest BCUT2D eigenvalue weighted by molar-refractivity contribution is -0.122. The number of aromatic nitrogens is 1. The van der Waals surface area contributed by atoms with Crippen LogP contribution in [0.3, 0.4) is 0 Å². The van der Waals surface area contributed by atoms with E-state index in [1.807, 2.05) is 30.3 Å². The fourth-order valence-corrected chi connectivity index (χ4v) is 2.90. The predicted molar refractivity (Wildman–Crippen MR) is 103 cm³/mol. The van der Waals surface area contributed by atoms with Gasteiger partial charge in [-0.25, -0.2) is 0 Å². The van der Waals surface area contributed by atoms with E-state index >= 15 is 0 Å². The summed E-state index contributed by atoms with van der Waals surface area (Å²) in [5, 5.41) is 5.59. The second-order valence-electron chi connectivity index (χ2n) is 5.70. The fourth-order valence-electron chi connectivity index (χ4n) is 2.32. The minimum Gasteiger partial charge on any atom is -0.496 e. The lowest BCUT2D eigenvalue weighted by Gasteiger charge is -2.08. The molecule has 2 rings (SSSR count). The first-order valence-electron chi connectivity index (χ1n) is 8.33. The monoisotopic (exact) mass is 419 g/mol. The van der Waals surface area contributed by atoms with Crippen molar-refractivity contribution in [3.63, 3.8) is 0 Å². The van der Waals surface area contributed by atoms with Crippen LogP contribution < -0.4 is 15.4 Å². The lowest BCUT2D eigenvalue weighted by atomic mass is 10.1. The third kappa shape index (κ3) is 6.84. The van der Waals surface area contributed by atoms with E-state index in [9.17, 15) is 9.59 Å². The topological polar surface area (TPSA) is 80.3 Å². The van der Waals surface area contributed by atoms with Crippen molar-refractivity contribution in [2.75, 3.05) is 13.7 Å². The van der Waals surface area contributed by atoms with E-state index < -0.39 is 0 Å². The molecule has 6 nitrogen and oxygen atoms in total. The summed E-state index contributed by atoms with van der Waals surface area (Å²) in [6, 6.07) is 9.44. The van der Waals surface area contributed by atoms with Gasteiger partial charge in [-0.15, -0.1) is 0 Å². The molecular weight excluding hydrogens is 398 g/mol. The summed E-state index contributed by atoms with van der Waals surface area (Å²) >= 11 is 3.43. The minimum absolute atomic E-state index is 0.0705. The van der Waals surface area contributed by atoms with E-state index in [2.05, 4.69) is 31.5 Å². The molecule has 7 heteroatoms. The first-order chi connectivity index (χ1) is 12.6. The number of methoxy groups -OCH3 is 1. The molecular formula is C19H22BrN3O3. The molecule has 0 fully saturated rings. The Labute approximate surface area is 161 Å². The summed E-state index contributed by atoms with van der Waals surface area (Å²) in [6.07, 6.45) is 4.62. The zero-order valence-corrected chi connectivity index (χ0v) is 16.2. The molecule has 26 heavy (non-hydrogen) atoms. The molecule has 0 bridgehead atoms.